The van der Waals surface area contributed by atoms with Gasteiger partial charge in [0.1, 0.15) is 0 Å². The van der Waals surface area contributed by atoms with Crippen molar-refractivity contribution in [1.82, 2.24) is 15.3 Å². The van der Waals surface area contributed by atoms with E-state index in [4.69, 9.17) is 4.42 Å². The van der Waals surface area contributed by atoms with E-state index in [1.165, 1.54) is 0 Å². The Morgan fingerprint density at radius 3 is 3.12 bits per heavy atom. The molecule has 1 aliphatic heterocycles. The van der Waals surface area contributed by atoms with Crippen LogP contribution in [0.3, 0.4) is 0 Å². The number of nitrogens with one attached hydrogen (secondary N) is 2. The number of fused-ring (bicyclic) bond motifs is 1. The van der Waals surface area contributed by atoms with Gasteiger partial charge >= 0.3 is 0 Å². The van der Waals surface area contributed by atoms with Gasteiger partial charge in [-0.25, -0.2) is 4.98 Å². The number of hydrogen-bond donors (Lipinski definition) is 2. The van der Waals surface area contributed by atoms with Gasteiger partial charge in [0.15, 0.2) is 11.6 Å². The van der Waals surface area contributed by atoms with Crippen LogP contribution in [0.1, 0.15) is 16.8 Å². The molecular formula is C12H13N3O2. The highest BCUT2D eigenvalue weighted by Gasteiger charge is 2.17. The van der Waals surface area contributed by atoms with Crippen LogP contribution >= 0.6 is 0 Å². The van der Waals surface area contributed by atoms with Crippen LogP contribution < -0.4 is 10.9 Å². The molecule has 1 aliphatic rings. The lowest BCUT2D eigenvalue weighted by Gasteiger charge is -2.15. The number of hydrogen-bond acceptors (Lipinski definition) is 4. The van der Waals surface area contributed by atoms with E-state index < -0.39 is 0 Å². The van der Waals surface area contributed by atoms with E-state index in [-0.39, 0.29) is 5.56 Å². The molecule has 0 amide bonds. The van der Waals surface area contributed by atoms with E-state index in [0.717, 1.165) is 29.8 Å². The molecule has 88 valence electrons. The van der Waals surface area contributed by atoms with Gasteiger partial charge in [-0.1, -0.05) is 0 Å². The van der Waals surface area contributed by atoms with Gasteiger partial charge in [-0.05, 0) is 31.5 Å². The lowest BCUT2D eigenvalue weighted by Crippen LogP contribution is -2.31. The smallest absolute Gasteiger partial charge is 0.254 e. The Kier molecular flexibility index (Phi) is 2.33. The average molecular weight is 231 g/mol. The maximum Gasteiger partial charge on any atom is 0.254 e. The standard InChI is InChI=1S/C12H13N3O2/c1-7-3-5-17-10(7)11-14-9-6-13-4-2-8(9)12(16)15-11/h3,5,13H,2,4,6H2,1H3,(H,14,15,16). The van der Waals surface area contributed by atoms with Crippen molar-refractivity contribution in [2.24, 2.45) is 0 Å². The highest BCUT2D eigenvalue weighted by molar-refractivity contribution is 5.52. The Balaban J connectivity index is 2.17. The largest absolute Gasteiger partial charge is 0.461 e. The van der Waals surface area contributed by atoms with Crippen LogP contribution in [0.2, 0.25) is 0 Å². The number of aromatic nitrogens is 2. The molecule has 0 spiro atoms. The van der Waals surface area contributed by atoms with Crippen molar-refractivity contribution in [2.75, 3.05) is 6.54 Å². The van der Waals surface area contributed by atoms with Crippen LogP contribution in [0.25, 0.3) is 11.6 Å². The minimum atomic E-state index is -0.0534. The fourth-order valence-electron chi connectivity index (χ4n) is 2.09. The highest BCUT2D eigenvalue weighted by Crippen LogP contribution is 2.20. The lowest BCUT2D eigenvalue weighted by molar-refractivity contribution is 0.570. The van der Waals surface area contributed by atoms with Crippen molar-refractivity contribution >= 4 is 0 Å². The third-order valence-corrected chi connectivity index (χ3v) is 3.02. The monoisotopic (exact) mass is 231 g/mol. The quantitative estimate of drug-likeness (QED) is 0.767. The molecule has 0 unspecified atom stereocenters. The summed E-state index contributed by atoms with van der Waals surface area (Å²) in [5, 5.41) is 3.21. The molecule has 5 heteroatoms. The number of aromatic amines is 1. The highest BCUT2D eigenvalue weighted by atomic mass is 16.3. The van der Waals surface area contributed by atoms with Crippen molar-refractivity contribution in [3.05, 3.63) is 39.5 Å². The predicted molar refractivity (Wildman–Crippen MR) is 62.7 cm³/mol. The fraction of sp³-hybridized carbons (Fsp3) is 0.333. The molecule has 5 nitrogen and oxygen atoms in total. The molecule has 0 radical (unpaired) electrons. The molecule has 0 aromatic carbocycles. The Hall–Kier alpha value is -1.88. The number of aryl methyl sites for hydroxylation is 1. The van der Waals surface area contributed by atoms with Crippen LogP contribution in [-0.4, -0.2) is 16.5 Å². The summed E-state index contributed by atoms with van der Waals surface area (Å²) >= 11 is 0. The second-order valence-electron chi connectivity index (χ2n) is 4.20. The van der Waals surface area contributed by atoms with Gasteiger partial charge in [-0.2, -0.15) is 0 Å². The number of nitrogens with zero attached hydrogens (tertiary/aromatic N) is 1. The van der Waals surface area contributed by atoms with Crippen LogP contribution in [0.5, 0.6) is 0 Å². The topological polar surface area (TPSA) is 70.9 Å². The van der Waals surface area contributed by atoms with E-state index in [1.54, 1.807) is 6.26 Å². The summed E-state index contributed by atoms with van der Waals surface area (Å²) in [7, 11) is 0. The molecule has 2 N–H and O–H groups in total. The second-order valence-corrected chi connectivity index (χ2v) is 4.20. The minimum Gasteiger partial charge on any atom is -0.461 e. The van der Waals surface area contributed by atoms with Crippen molar-refractivity contribution < 1.29 is 4.42 Å². The maximum atomic E-state index is 11.9. The summed E-state index contributed by atoms with van der Waals surface area (Å²) in [6, 6.07) is 1.85. The molecule has 3 heterocycles. The zero-order valence-corrected chi connectivity index (χ0v) is 9.54. The van der Waals surface area contributed by atoms with Crippen LogP contribution in [-0.2, 0) is 13.0 Å². The zero-order valence-electron chi connectivity index (χ0n) is 9.54. The predicted octanol–water partition coefficient (Wildman–Crippen LogP) is 0.984. The van der Waals surface area contributed by atoms with Crippen molar-refractivity contribution in [1.29, 1.82) is 0 Å². The van der Waals surface area contributed by atoms with Gasteiger partial charge in [0.05, 0.1) is 12.0 Å². The Morgan fingerprint density at radius 1 is 1.47 bits per heavy atom. The lowest BCUT2D eigenvalue weighted by atomic mass is 10.1. The first-order valence-electron chi connectivity index (χ1n) is 5.63. The van der Waals surface area contributed by atoms with E-state index in [0.29, 0.717) is 18.1 Å². The Morgan fingerprint density at radius 2 is 2.35 bits per heavy atom. The van der Waals surface area contributed by atoms with Gasteiger partial charge in [-0.3, -0.25) is 4.79 Å². The average Bonchev–Trinajstić information content (AvgIpc) is 2.75. The molecule has 17 heavy (non-hydrogen) atoms. The first-order chi connectivity index (χ1) is 8.25. The van der Waals surface area contributed by atoms with Crippen LogP contribution in [0.4, 0.5) is 0 Å². The second kappa shape index (κ2) is 3.85. The molecule has 0 saturated heterocycles. The summed E-state index contributed by atoms with van der Waals surface area (Å²) in [6.45, 7) is 3.40. The van der Waals surface area contributed by atoms with Crippen molar-refractivity contribution in [3.8, 4) is 11.6 Å². The van der Waals surface area contributed by atoms with Crippen LogP contribution in [0, 0.1) is 6.92 Å². The van der Waals surface area contributed by atoms with Crippen LogP contribution in [0.15, 0.2) is 21.5 Å². The molecule has 2 aromatic heterocycles. The molecule has 2 aromatic rings. The summed E-state index contributed by atoms with van der Waals surface area (Å²) in [5.41, 5.74) is 2.53. The summed E-state index contributed by atoms with van der Waals surface area (Å²) in [4.78, 5) is 19.2. The molecular weight excluding hydrogens is 218 g/mol. The third kappa shape index (κ3) is 1.68. The van der Waals surface area contributed by atoms with E-state index in [1.807, 2.05) is 13.0 Å². The molecule has 3 rings (SSSR count). The fourth-order valence-corrected chi connectivity index (χ4v) is 2.09. The van der Waals surface area contributed by atoms with E-state index in [2.05, 4.69) is 15.3 Å². The first-order valence-corrected chi connectivity index (χ1v) is 5.63. The molecule has 0 atom stereocenters. The molecule has 0 bridgehead atoms. The van der Waals surface area contributed by atoms with Gasteiger partial charge in [0.25, 0.3) is 5.56 Å². The SMILES string of the molecule is Cc1ccoc1-c1nc2c(c(=O)[nH]1)CCNC2. The first kappa shape index (κ1) is 10.3. The Labute approximate surface area is 97.9 Å². The van der Waals surface area contributed by atoms with Gasteiger partial charge < -0.3 is 14.7 Å². The minimum absolute atomic E-state index is 0.0534. The number of rotatable bonds is 1. The normalized spacial score (nSPS) is 14.6. The van der Waals surface area contributed by atoms with Crippen molar-refractivity contribution in [3.63, 3.8) is 0 Å². The van der Waals surface area contributed by atoms with Gasteiger partial charge in [0, 0.05) is 12.1 Å². The van der Waals surface area contributed by atoms with E-state index in [9.17, 15) is 4.79 Å². The third-order valence-electron chi connectivity index (χ3n) is 3.02. The number of H-pyrrole nitrogens is 1. The molecule has 0 fully saturated rings. The number of furan rings is 1. The Bertz CT molecular complexity index is 612. The maximum absolute atomic E-state index is 11.9. The summed E-state index contributed by atoms with van der Waals surface area (Å²) in [6.07, 6.45) is 2.33. The van der Waals surface area contributed by atoms with E-state index >= 15 is 0 Å². The summed E-state index contributed by atoms with van der Waals surface area (Å²) in [5.74, 6) is 1.15. The van der Waals surface area contributed by atoms with Crippen molar-refractivity contribution in [2.45, 2.75) is 19.9 Å². The van der Waals surface area contributed by atoms with Gasteiger partial charge in [0.2, 0.25) is 0 Å². The zero-order chi connectivity index (χ0) is 11.8. The summed E-state index contributed by atoms with van der Waals surface area (Å²) < 4.78 is 5.34. The van der Waals surface area contributed by atoms with Gasteiger partial charge in [-0.15, -0.1) is 0 Å². The molecule has 0 saturated carbocycles. The molecule has 0 aliphatic carbocycles.